The molecule has 1 rings (SSSR count). The lowest BCUT2D eigenvalue weighted by atomic mass is 10.3. The van der Waals surface area contributed by atoms with Crippen LogP contribution in [0.1, 0.15) is 5.69 Å². The van der Waals surface area contributed by atoms with E-state index in [4.69, 9.17) is 10.8 Å². The first kappa shape index (κ1) is 11.1. The van der Waals surface area contributed by atoms with E-state index in [9.17, 15) is 9.59 Å². The van der Waals surface area contributed by atoms with E-state index in [0.717, 1.165) is 11.3 Å². The van der Waals surface area contributed by atoms with Crippen LogP contribution in [0.4, 0.5) is 5.13 Å². The molecule has 1 heterocycles. The van der Waals surface area contributed by atoms with Crippen LogP contribution in [-0.2, 0) is 14.4 Å². The molecule has 0 radical (unpaired) electrons. The molecule has 1 aromatic rings. The van der Waals surface area contributed by atoms with Crippen molar-refractivity contribution in [1.29, 1.82) is 0 Å². The van der Waals surface area contributed by atoms with Crippen LogP contribution < -0.4 is 5.73 Å². The van der Waals surface area contributed by atoms with Gasteiger partial charge in [-0.1, -0.05) is 5.16 Å². The monoisotopic (exact) mass is 229 g/mol. The summed E-state index contributed by atoms with van der Waals surface area (Å²) >= 11 is 1.14. The minimum absolute atomic E-state index is 0.0933. The molecular formula is C7H7N3O4S. The summed E-state index contributed by atoms with van der Waals surface area (Å²) in [5, 5.41) is 13.4. The van der Waals surface area contributed by atoms with Gasteiger partial charge in [-0.25, -0.2) is 9.78 Å². The Labute approximate surface area is 88.2 Å². The maximum atomic E-state index is 10.6. The number of nitrogens with two attached hydrogens (primary N) is 1. The fraction of sp³-hybridized carbons (Fsp3) is 0.143. The van der Waals surface area contributed by atoms with Gasteiger partial charge in [-0.15, -0.1) is 11.3 Å². The molecule has 7 nitrogen and oxygen atoms in total. The Balaban J connectivity index is 2.71. The lowest BCUT2D eigenvalue weighted by Crippen LogP contribution is -2.08. The average Bonchev–Trinajstić information content (AvgIpc) is 2.59. The van der Waals surface area contributed by atoms with Crippen LogP contribution >= 0.6 is 11.3 Å². The third-order valence-electron chi connectivity index (χ3n) is 1.25. The largest absolute Gasteiger partial charge is 0.479 e. The minimum atomic E-state index is -1.18. The highest BCUT2D eigenvalue weighted by atomic mass is 32.1. The second-order valence-electron chi connectivity index (χ2n) is 2.33. The molecular weight excluding hydrogens is 222 g/mol. The van der Waals surface area contributed by atoms with Crippen molar-refractivity contribution >= 4 is 34.4 Å². The number of nitrogen functional groups attached to an aromatic ring is 1. The number of carboxylic acid groups (broad SMARTS) is 1. The molecule has 0 saturated carbocycles. The van der Waals surface area contributed by atoms with Crippen molar-refractivity contribution in [2.45, 2.75) is 0 Å². The Morgan fingerprint density at radius 3 is 3.00 bits per heavy atom. The molecule has 15 heavy (non-hydrogen) atoms. The average molecular weight is 229 g/mol. The molecule has 1 aromatic heterocycles. The number of aliphatic carboxylic acids is 1. The van der Waals surface area contributed by atoms with Crippen LogP contribution in [0.25, 0.3) is 0 Å². The van der Waals surface area contributed by atoms with Crippen LogP contribution in [0.5, 0.6) is 0 Å². The summed E-state index contributed by atoms with van der Waals surface area (Å²) in [5.74, 6) is -1.18. The first-order valence-corrected chi connectivity index (χ1v) is 4.59. The Kier molecular flexibility index (Phi) is 3.75. The van der Waals surface area contributed by atoms with Crippen LogP contribution in [0.15, 0.2) is 10.5 Å². The van der Waals surface area contributed by atoms with Crippen molar-refractivity contribution in [3.05, 3.63) is 11.1 Å². The predicted octanol–water partition coefficient (Wildman–Crippen LogP) is -0.271. The quantitative estimate of drug-likeness (QED) is 0.408. The Hall–Kier alpha value is -1.96. The lowest BCUT2D eigenvalue weighted by molar-refractivity contribution is -0.142. The zero-order valence-corrected chi connectivity index (χ0v) is 8.23. The van der Waals surface area contributed by atoms with Gasteiger partial charge in [-0.2, -0.15) is 0 Å². The molecule has 0 aliphatic heterocycles. The summed E-state index contributed by atoms with van der Waals surface area (Å²) < 4.78 is 0. The number of aromatic nitrogens is 1. The van der Waals surface area contributed by atoms with Crippen LogP contribution in [0.3, 0.4) is 0 Å². The number of carboxylic acids is 1. The summed E-state index contributed by atoms with van der Waals surface area (Å²) in [6.45, 7) is -0.614. The fourth-order valence-electron chi connectivity index (χ4n) is 0.691. The van der Waals surface area contributed by atoms with Gasteiger partial charge in [0.25, 0.3) is 0 Å². The topological polar surface area (TPSA) is 115 Å². The molecule has 0 aliphatic rings. The van der Waals surface area contributed by atoms with Gasteiger partial charge in [0.05, 0.1) is 0 Å². The first-order valence-electron chi connectivity index (χ1n) is 3.71. The van der Waals surface area contributed by atoms with Gasteiger partial charge in [-0.3, -0.25) is 4.79 Å². The number of thiazole rings is 1. The zero-order valence-electron chi connectivity index (χ0n) is 7.41. The summed E-state index contributed by atoms with van der Waals surface area (Å²) in [4.78, 5) is 28.8. The summed E-state index contributed by atoms with van der Waals surface area (Å²) in [6, 6.07) is 0. The molecule has 0 fully saturated rings. The normalized spacial score (nSPS) is 11.1. The molecule has 8 heteroatoms. The predicted molar refractivity (Wildman–Crippen MR) is 52.7 cm³/mol. The second kappa shape index (κ2) is 5.05. The van der Waals surface area contributed by atoms with E-state index in [2.05, 4.69) is 15.0 Å². The van der Waals surface area contributed by atoms with E-state index in [1.54, 1.807) is 0 Å². The zero-order chi connectivity index (χ0) is 11.3. The highest BCUT2D eigenvalue weighted by Gasteiger charge is 2.07. The Morgan fingerprint density at radius 1 is 1.80 bits per heavy atom. The summed E-state index contributed by atoms with van der Waals surface area (Å²) in [5.41, 5.74) is 5.52. The second-order valence-corrected chi connectivity index (χ2v) is 3.22. The number of hydrogen-bond donors (Lipinski definition) is 2. The van der Waals surface area contributed by atoms with E-state index >= 15 is 0 Å². The van der Waals surface area contributed by atoms with Gasteiger partial charge >= 0.3 is 5.97 Å². The third kappa shape index (κ3) is 3.35. The van der Waals surface area contributed by atoms with Gasteiger partial charge in [0.15, 0.2) is 17.1 Å². The number of aldehydes is 1. The molecule has 0 unspecified atom stereocenters. The number of carbonyl (C=O) groups excluding carboxylic acids is 1. The number of hydrogen-bond acceptors (Lipinski definition) is 7. The molecule has 0 aliphatic carbocycles. The lowest BCUT2D eigenvalue weighted by Gasteiger charge is -1.95. The molecule has 0 bridgehead atoms. The number of anilines is 1. The van der Waals surface area contributed by atoms with Crippen molar-refractivity contribution in [3.8, 4) is 0 Å². The Bertz CT molecular complexity index is 401. The van der Waals surface area contributed by atoms with E-state index in [-0.39, 0.29) is 16.5 Å². The summed E-state index contributed by atoms with van der Waals surface area (Å²) in [7, 11) is 0. The molecule has 0 aromatic carbocycles. The molecule has 0 atom stereocenters. The third-order valence-corrected chi connectivity index (χ3v) is 1.92. The molecule has 0 amide bonds. The van der Waals surface area contributed by atoms with Gasteiger partial charge < -0.3 is 15.7 Å². The maximum absolute atomic E-state index is 10.6. The molecule has 3 N–H and O–H groups in total. The van der Waals surface area contributed by atoms with Crippen LogP contribution in [0, 0.1) is 0 Å². The van der Waals surface area contributed by atoms with Crippen molar-refractivity contribution in [2.24, 2.45) is 5.16 Å². The van der Waals surface area contributed by atoms with Crippen molar-refractivity contribution < 1.29 is 19.5 Å². The number of carbonyl (C=O) groups is 2. The number of rotatable bonds is 5. The SMILES string of the molecule is Nc1nc(/C(C=O)=N\OCC(=O)O)cs1. The highest BCUT2D eigenvalue weighted by molar-refractivity contribution is 7.13. The molecule has 0 spiro atoms. The van der Waals surface area contributed by atoms with E-state index < -0.39 is 12.6 Å². The fourth-order valence-corrected chi connectivity index (χ4v) is 1.25. The van der Waals surface area contributed by atoms with Gasteiger partial charge in [0, 0.05) is 5.38 Å². The van der Waals surface area contributed by atoms with Crippen molar-refractivity contribution in [2.75, 3.05) is 12.3 Å². The summed E-state index contributed by atoms with van der Waals surface area (Å²) in [6.07, 6.45) is 0.413. The van der Waals surface area contributed by atoms with E-state index in [0.29, 0.717) is 6.29 Å². The van der Waals surface area contributed by atoms with Gasteiger partial charge in [0.2, 0.25) is 6.61 Å². The maximum Gasteiger partial charge on any atom is 0.344 e. The van der Waals surface area contributed by atoms with Crippen LogP contribution in [0.2, 0.25) is 0 Å². The molecule has 80 valence electrons. The smallest absolute Gasteiger partial charge is 0.344 e. The van der Waals surface area contributed by atoms with E-state index in [1.807, 2.05) is 0 Å². The van der Waals surface area contributed by atoms with Crippen molar-refractivity contribution in [3.63, 3.8) is 0 Å². The van der Waals surface area contributed by atoms with Gasteiger partial charge in [0.1, 0.15) is 5.69 Å². The standard InChI is InChI=1S/C7H7N3O4S/c8-7-9-5(3-15-7)4(1-11)10-14-2-6(12)13/h1,3H,2H2,(H2,8,9)(H,12,13)/b10-4-. The van der Waals surface area contributed by atoms with Gasteiger partial charge in [-0.05, 0) is 0 Å². The van der Waals surface area contributed by atoms with Crippen LogP contribution in [-0.4, -0.2) is 34.7 Å². The minimum Gasteiger partial charge on any atom is -0.479 e. The molecule has 0 saturated heterocycles. The highest BCUT2D eigenvalue weighted by Crippen LogP contribution is 2.11. The number of nitrogens with zero attached hydrogens (tertiary/aromatic N) is 2. The first-order chi connectivity index (χ1) is 7.13. The Morgan fingerprint density at radius 2 is 2.53 bits per heavy atom. The van der Waals surface area contributed by atoms with E-state index in [1.165, 1.54) is 5.38 Å². The van der Waals surface area contributed by atoms with Crippen molar-refractivity contribution in [1.82, 2.24) is 4.98 Å². The number of oxime groups is 1.